The van der Waals surface area contributed by atoms with Crippen LogP contribution < -0.4 is 5.56 Å². The van der Waals surface area contributed by atoms with E-state index in [0.29, 0.717) is 27.3 Å². The van der Waals surface area contributed by atoms with Crippen molar-refractivity contribution in [3.05, 3.63) is 92.7 Å². The van der Waals surface area contributed by atoms with Gasteiger partial charge in [-0.2, -0.15) is 0 Å². The molecule has 4 rings (SSSR count). The van der Waals surface area contributed by atoms with Crippen molar-refractivity contribution in [2.45, 2.75) is 39.7 Å². The second-order valence-electron chi connectivity index (χ2n) is 8.12. The molecule has 2 aromatic heterocycles. The Bertz CT molecular complexity index is 1440. The molecular formula is C26H24ClN3O4. The Morgan fingerprint density at radius 1 is 1.12 bits per heavy atom. The fraction of sp³-hybridized carbons (Fsp3) is 0.231. The number of Topliss-reactive ketones (excluding diaryl/α,β-unsaturated/α-hetero) is 1. The van der Waals surface area contributed by atoms with Crippen molar-refractivity contribution >= 4 is 34.3 Å². The Labute approximate surface area is 201 Å². The van der Waals surface area contributed by atoms with Gasteiger partial charge in [0.05, 0.1) is 17.3 Å². The number of hydrogen-bond acceptors (Lipinski definition) is 5. The summed E-state index contributed by atoms with van der Waals surface area (Å²) in [4.78, 5) is 44.7. The minimum absolute atomic E-state index is 0.0112. The first kappa shape index (κ1) is 23.4. The van der Waals surface area contributed by atoms with E-state index in [1.165, 1.54) is 0 Å². The fourth-order valence-corrected chi connectivity index (χ4v) is 4.13. The number of esters is 1. The molecule has 1 N–H and O–H groups in total. The lowest BCUT2D eigenvalue weighted by atomic mass is 10.1. The summed E-state index contributed by atoms with van der Waals surface area (Å²) in [6, 6.07) is 16.1. The van der Waals surface area contributed by atoms with Crippen molar-refractivity contribution in [3.8, 4) is 5.69 Å². The number of carbonyl (C=O) groups excluding carboxylic acids is 2. The summed E-state index contributed by atoms with van der Waals surface area (Å²) in [6.07, 6.45) is -0.761. The van der Waals surface area contributed by atoms with E-state index in [1.807, 2.05) is 30.5 Å². The van der Waals surface area contributed by atoms with Gasteiger partial charge in [-0.15, -0.1) is 0 Å². The zero-order chi connectivity index (χ0) is 24.4. The Morgan fingerprint density at radius 3 is 2.56 bits per heavy atom. The Morgan fingerprint density at radius 2 is 1.82 bits per heavy atom. The second kappa shape index (κ2) is 9.65. The number of ketones is 1. The first-order chi connectivity index (χ1) is 16.2. The fourth-order valence-electron chi connectivity index (χ4n) is 4.00. The second-order valence-corrected chi connectivity index (χ2v) is 8.56. The quantitative estimate of drug-likeness (QED) is 0.306. The van der Waals surface area contributed by atoms with Crippen LogP contribution >= 0.6 is 11.6 Å². The summed E-state index contributed by atoms with van der Waals surface area (Å²) >= 11 is 5.99. The van der Waals surface area contributed by atoms with E-state index in [1.54, 1.807) is 49.4 Å². The average Bonchev–Trinajstić information content (AvgIpc) is 3.11. The molecule has 8 heteroatoms. The SMILES string of the molecule is Cc1cc(C(=O)C(C)OC(=O)CCc2nc3ccccc3c(=O)[nH]2)c(C)n1-c1ccc(Cl)cc1. The zero-order valence-corrected chi connectivity index (χ0v) is 19.8. The maximum absolute atomic E-state index is 13.0. The number of rotatable bonds is 7. The molecule has 7 nitrogen and oxygen atoms in total. The van der Waals surface area contributed by atoms with E-state index >= 15 is 0 Å². The van der Waals surface area contributed by atoms with Gasteiger partial charge in [-0.3, -0.25) is 14.4 Å². The Balaban J connectivity index is 1.43. The number of aromatic amines is 1. The number of hydrogen-bond donors (Lipinski definition) is 1. The monoisotopic (exact) mass is 477 g/mol. The third kappa shape index (κ3) is 4.79. The summed E-state index contributed by atoms with van der Waals surface area (Å²) in [7, 11) is 0. The van der Waals surface area contributed by atoms with Crippen LogP contribution in [0.25, 0.3) is 16.6 Å². The van der Waals surface area contributed by atoms with Gasteiger partial charge in [-0.1, -0.05) is 23.7 Å². The number of nitrogens with one attached hydrogen (secondary N) is 1. The van der Waals surface area contributed by atoms with Crippen LogP contribution in [-0.4, -0.2) is 32.4 Å². The van der Waals surface area contributed by atoms with Crippen molar-refractivity contribution in [2.75, 3.05) is 0 Å². The Kier molecular flexibility index (Phi) is 6.65. The van der Waals surface area contributed by atoms with Crippen LogP contribution in [0.5, 0.6) is 0 Å². The molecule has 0 bridgehead atoms. The van der Waals surface area contributed by atoms with Gasteiger partial charge < -0.3 is 14.3 Å². The molecule has 0 aliphatic rings. The van der Waals surface area contributed by atoms with E-state index < -0.39 is 12.1 Å². The molecule has 0 spiro atoms. The van der Waals surface area contributed by atoms with Crippen LogP contribution in [0.1, 0.15) is 40.9 Å². The van der Waals surface area contributed by atoms with E-state index in [-0.39, 0.29) is 24.2 Å². The molecule has 34 heavy (non-hydrogen) atoms. The largest absolute Gasteiger partial charge is 0.454 e. The standard InChI is InChI=1S/C26H24ClN3O4/c1-15-14-21(16(2)30(15)19-10-8-18(27)9-11-19)25(32)17(3)34-24(31)13-12-23-28-22-7-5-4-6-20(22)26(33)29-23/h4-11,14,17H,12-13H2,1-3H3,(H,28,29,33). The van der Waals surface area contributed by atoms with E-state index in [2.05, 4.69) is 9.97 Å². The highest BCUT2D eigenvalue weighted by atomic mass is 35.5. The molecular weight excluding hydrogens is 454 g/mol. The number of H-pyrrole nitrogens is 1. The third-order valence-corrected chi connectivity index (χ3v) is 5.94. The van der Waals surface area contributed by atoms with E-state index in [4.69, 9.17) is 16.3 Å². The van der Waals surface area contributed by atoms with E-state index in [0.717, 1.165) is 17.1 Å². The molecule has 0 aliphatic heterocycles. The molecule has 0 saturated heterocycles. The van der Waals surface area contributed by atoms with Crippen molar-refractivity contribution < 1.29 is 14.3 Å². The number of ether oxygens (including phenoxy) is 1. The molecule has 1 atom stereocenters. The summed E-state index contributed by atoms with van der Waals surface area (Å²) in [6.45, 7) is 5.32. The van der Waals surface area contributed by atoms with Gasteiger partial charge in [0.15, 0.2) is 6.10 Å². The highest BCUT2D eigenvalue weighted by Gasteiger charge is 2.24. The molecule has 0 radical (unpaired) electrons. The number of aryl methyl sites for hydroxylation is 2. The summed E-state index contributed by atoms with van der Waals surface area (Å²) in [5.74, 6) is -0.423. The number of fused-ring (bicyclic) bond motifs is 1. The van der Waals surface area contributed by atoms with Gasteiger partial charge in [0.1, 0.15) is 5.82 Å². The number of carbonyl (C=O) groups is 2. The van der Waals surface area contributed by atoms with Crippen LogP contribution in [0, 0.1) is 13.8 Å². The summed E-state index contributed by atoms with van der Waals surface area (Å²) < 4.78 is 7.35. The van der Waals surface area contributed by atoms with Gasteiger partial charge in [-0.25, -0.2) is 4.98 Å². The predicted octanol–water partition coefficient (Wildman–Crippen LogP) is 4.73. The number of nitrogens with zero attached hydrogens (tertiary/aromatic N) is 2. The van der Waals surface area contributed by atoms with Crippen LogP contribution in [0.15, 0.2) is 59.4 Å². The highest BCUT2D eigenvalue weighted by molar-refractivity contribution is 6.30. The van der Waals surface area contributed by atoms with Gasteiger partial charge >= 0.3 is 5.97 Å². The van der Waals surface area contributed by atoms with Crippen LogP contribution in [-0.2, 0) is 16.0 Å². The molecule has 0 aliphatic carbocycles. The Hall–Kier alpha value is -3.71. The maximum atomic E-state index is 13.0. The number of halogens is 1. The van der Waals surface area contributed by atoms with Crippen LogP contribution in [0.3, 0.4) is 0 Å². The number of aromatic nitrogens is 3. The minimum atomic E-state index is -0.949. The third-order valence-electron chi connectivity index (χ3n) is 5.69. The average molecular weight is 478 g/mol. The predicted molar refractivity (Wildman–Crippen MR) is 131 cm³/mol. The van der Waals surface area contributed by atoms with Gasteiger partial charge in [0.25, 0.3) is 5.56 Å². The maximum Gasteiger partial charge on any atom is 0.306 e. The van der Waals surface area contributed by atoms with Crippen molar-refractivity contribution in [3.63, 3.8) is 0 Å². The number of para-hydroxylation sites is 1. The minimum Gasteiger partial charge on any atom is -0.454 e. The lowest BCUT2D eigenvalue weighted by molar-refractivity contribution is -0.146. The normalized spacial score (nSPS) is 12.0. The molecule has 0 amide bonds. The van der Waals surface area contributed by atoms with Crippen molar-refractivity contribution in [1.29, 1.82) is 0 Å². The molecule has 0 saturated carbocycles. The van der Waals surface area contributed by atoms with Gasteiger partial charge in [0.2, 0.25) is 5.78 Å². The smallest absolute Gasteiger partial charge is 0.306 e. The van der Waals surface area contributed by atoms with Crippen LogP contribution in [0.2, 0.25) is 5.02 Å². The molecule has 2 aromatic carbocycles. The van der Waals surface area contributed by atoms with Crippen LogP contribution in [0.4, 0.5) is 0 Å². The van der Waals surface area contributed by atoms with Crippen molar-refractivity contribution in [2.24, 2.45) is 0 Å². The zero-order valence-electron chi connectivity index (χ0n) is 19.1. The first-order valence-corrected chi connectivity index (χ1v) is 11.3. The lowest BCUT2D eigenvalue weighted by Crippen LogP contribution is -2.25. The van der Waals surface area contributed by atoms with Gasteiger partial charge in [-0.05, 0) is 63.2 Å². The topological polar surface area (TPSA) is 94.1 Å². The lowest BCUT2D eigenvalue weighted by Gasteiger charge is -2.13. The first-order valence-electron chi connectivity index (χ1n) is 10.9. The molecule has 1 unspecified atom stereocenters. The molecule has 0 fully saturated rings. The summed E-state index contributed by atoms with van der Waals surface area (Å²) in [5.41, 5.74) is 3.33. The molecule has 174 valence electrons. The highest BCUT2D eigenvalue weighted by Crippen LogP contribution is 2.24. The molecule has 2 heterocycles. The van der Waals surface area contributed by atoms with E-state index in [9.17, 15) is 14.4 Å². The van der Waals surface area contributed by atoms with Crippen molar-refractivity contribution in [1.82, 2.24) is 14.5 Å². The molecule has 4 aromatic rings. The number of benzene rings is 2. The summed E-state index contributed by atoms with van der Waals surface area (Å²) in [5, 5.41) is 1.12. The van der Waals surface area contributed by atoms with Gasteiger partial charge in [0, 0.05) is 34.1 Å².